The second-order valence-electron chi connectivity index (χ2n) is 5.86. The first kappa shape index (κ1) is 16.0. The number of benzene rings is 1. The van der Waals surface area contributed by atoms with E-state index in [2.05, 4.69) is 21.8 Å². The molecule has 0 radical (unpaired) electrons. The van der Waals surface area contributed by atoms with Gasteiger partial charge in [-0.15, -0.1) is 0 Å². The predicted octanol–water partition coefficient (Wildman–Crippen LogP) is 2.01. The second-order valence-corrected chi connectivity index (χ2v) is 5.86. The summed E-state index contributed by atoms with van der Waals surface area (Å²) in [5, 5.41) is 29.8. The van der Waals surface area contributed by atoms with E-state index in [1.807, 2.05) is 0 Å². The number of aromatic nitrogens is 2. The Morgan fingerprint density at radius 3 is 2.79 bits per heavy atom. The molecular weight excluding hydrogens is 306 g/mol. The Balaban J connectivity index is 2.11. The molecule has 0 unspecified atom stereocenters. The fourth-order valence-electron chi connectivity index (χ4n) is 2.95. The maximum atomic E-state index is 11.6. The highest BCUT2D eigenvalue weighted by molar-refractivity contribution is 5.91. The maximum Gasteiger partial charge on any atom is 0.222 e. The van der Waals surface area contributed by atoms with Gasteiger partial charge in [-0.3, -0.25) is 4.79 Å². The monoisotopic (exact) mass is 325 g/mol. The number of hydrogen-bond acceptors (Lipinski definition) is 5. The molecule has 0 aliphatic carbocycles. The van der Waals surface area contributed by atoms with Crippen LogP contribution in [-0.4, -0.2) is 33.9 Å². The van der Waals surface area contributed by atoms with Crippen molar-refractivity contribution in [2.45, 2.75) is 25.8 Å². The fraction of sp³-hybridized carbons (Fsp3) is 0.353. The lowest BCUT2D eigenvalue weighted by atomic mass is 10.1. The Morgan fingerprint density at radius 1 is 1.46 bits per heavy atom. The number of nitrogens with one attached hydrogen (secondary N) is 2. The van der Waals surface area contributed by atoms with Gasteiger partial charge in [-0.1, -0.05) is 0 Å². The number of carbonyl (C=O) groups excluding carboxylic acids is 1. The molecule has 1 aliphatic heterocycles. The first-order valence-electron chi connectivity index (χ1n) is 7.90. The summed E-state index contributed by atoms with van der Waals surface area (Å²) in [6, 6.07) is 8.76. The highest BCUT2D eigenvalue weighted by Crippen LogP contribution is 2.32. The number of piperidine rings is 1. The summed E-state index contributed by atoms with van der Waals surface area (Å²) in [4.78, 5) is 11.6. The highest BCUT2D eigenvalue weighted by Gasteiger charge is 2.25. The summed E-state index contributed by atoms with van der Waals surface area (Å²) in [5.74, 6) is 0.339. The zero-order valence-corrected chi connectivity index (χ0v) is 13.4. The molecule has 124 valence electrons. The van der Waals surface area contributed by atoms with Crippen molar-refractivity contribution in [3.05, 3.63) is 29.8 Å². The molecule has 1 aromatic carbocycles. The molecule has 1 aliphatic rings. The van der Waals surface area contributed by atoms with Gasteiger partial charge in [0, 0.05) is 19.0 Å². The molecule has 1 atom stereocenters. The molecule has 3 rings (SSSR count). The van der Waals surface area contributed by atoms with Crippen LogP contribution in [-0.2, 0) is 4.79 Å². The number of rotatable bonds is 3. The van der Waals surface area contributed by atoms with Gasteiger partial charge in [0.1, 0.15) is 28.9 Å². The maximum absolute atomic E-state index is 11.6. The lowest BCUT2D eigenvalue weighted by molar-refractivity contribution is -0.114. The van der Waals surface area contributed by atoms with Crippen LogP contribution < -0.4 is 10.6 Å². The molecule has 3 N–H and O–H groups in total. The summed E-state index contributed by atoms with van der Waals surface area (Å²) in [6.45, 7) is 3.12. The third-order valence-corrected chi connectivity index (χ3v) is 4.07. The van der Waals surface area contributed by atoms with Crippen molar-refractivity contribution in [2.75, 3.05) is 18.4 Å². The topological polar surface area (TPSA) is 103 Å². The van der Waals surface area contributed by atoms with E-state index in [9.17, 15) is 15.2 Å². The van der Waals surface area contributed by atoms with Crippen molar-refractivity contribution in [2.24, 2.45) is 0 Å². The normalized spacial score (nSPS) is 17.2. The molecule has 0 bridgehead atoms. The number of phenolic OH excluding ortho intramolecular Hbond substituents is 1. The van der Waals surface area contributed by atoms with Crippen LogP contribution in [0.25, 0.3) is 11.3 Å². The van der Waals surface area contributed by atoms with Crippen LogP contribution >= 0.6 is 0 Å². The lowest BCUT2D eigenvalue weighted by Gasteiger charge is -2.24. The number of amides is 1. The zero-order valence-electron chi connectivity index (χ0n) is 13.4. The molecule has 2 aromatic rings. The predicted molar refractivity (Wildman–Crippen MR) is 89.5 cm³/mol. The summed E-state index contributed by atoms with van der Waals surface area (Å²) in [6.07, 6.45) is 1.95. The quantitative estimate of drug-likeness (QED) is 0.801. The van der Waals surface area contributed by atoms with Crippen LogP contribution in [0.3, 0.4) is 0 Å². The number of nitriles is 1. The van der Waals surface area contributed by atoms with Gasteiger partial charge in [-0.2, -0.15) is 10.4 Å². The van der Waals surface area contributed by atoms with Crippen molar-refractivity contribution in [1.82, 2.24) is 15.1 Å². The first-order valence-corrected chi connectivity index (χ1v) is 7.90. The van der Waals surface area contributed by atoms with Gasteiger partial charge in [0.15, 0.2) is 0 Å². The van der Waals surface area contributed by atoms with E-state index in [1.54, 1.807) is 28.9 Å². The van der Waals surface area contributed by atoms with Crippen LogP contribution in [0.2, 0.25) is 0 Å². The number of carbonyl (C=O) groups is 1. The number of aromatic hydroxyl groups is 1. The Bertz CT molecular complexity index is 783. The third-order valence-electron chi connectivity index (χ3n) is 4.07. The van der Waals surface area contributed by atoms with Crippen molar-refractivity contribution >= 4 is 11.7 Å². The van der Waals surface area contributed by atoms with Crippen LogP contribution in [0.1, 0.15) is 31.4 Å². The summed E-state index contributed by atoms with van der Waals surface area (Å²) >= 11 is 0. The molecule has 2 heterocycles. The van der Waals surface area contributed by atoms with Crippen molar-refractivity contribution in [3.63, 3.8) is 0 Å². The average Bonchev–Trinajstić information content (AvgIpc) is 2.94. The van der Waals surface area contributed by atoms with Gasteiger partial charge in [-0.05, 0) is 43.7 Å². The minimum Gasteiger partial charge on any atom is -0.508 e. The molecule has 0 spiro atoms. The molecule has 7 heteroatoms. The fourth-order valence-corrected chi connectivity index (χ4v) is 2.95. The first-order chi connectivity index (χ1) is 11.6. The Kier molecular flexibility index (Phi) is 4.49. The van der Waals surface area contributed by atoms with Gasteiger partial charge in [0.05, 0.1) is 6.04 Å². The number of hydrogen-bond donors (Lipinski definition) is 3. The van der Waals surface area contributed by atoms with E-state index in [1.165, 1.54) is 6.92 Å². The SMILES string of the molecule is CC(=O)Nc1c(C#N)c(-c2ccc(O)cc2)nn1[C@H]1CCCNC1. The molecule has 1 fully saturated rings. The van der Waals surface area contributed by atoms with E-state index in [0.29, 0.717) is 17.1 Å². The van der Waals surface area contributed by atoms with E-state index >= 15 is 0 Å². The van der Waals surface area contributed by atoms with Crippen LogP contribution in [0.5, 0.6) is 5.75 Å². The lowest BCUT2D eigenvalue weighted by Crippen LogP contribution is -2.33. The largest absolute Gasteiger partial charge is 0.508 e. The summed E-state index contributed by atoms with van der Waals surface area (Å²) in [7, 11) is 0. The van der Waals surface area contributed by atoms with Crippen molar-refractivity contribution in [3.8, 4) is 23.1 Å². The van der Waals surface area contributed by atoms with Gasteiger partial charge < -0.3 is 15.7 Å². The molecule has 1 aromatic heterocycles. The Hall–Kier alpha value is -2.85. The Labute approximate surface area is 139 Å². The Morgan fingerprint density at radius 2 is 2.21 bits per heavy atom. The standard InChI is InChI=1S/C17H19N5O2/c1-11(23)20-17-15(9-18)16(12-4-6-14(24)7-5-12)21-22(17)13-3-2-8-19-10-13/h4-7,13,19,24H,2-3,8,10H2,1H3,(H,20,23)/t13-/m0/s1. The smallest absolute Gasteiger partial charge is 0.222 e. The molecule has 0 saturated carbocycles. The average molecular weight is 325 g/mol. The van der Waals surface area contributed by atoms with Crippen LogP contribution in [0, 0.1) is 11.3 Å². The molecular formula is C17H19N5O2. The molecule has 7 nitrogen and oxygen atoms in total. The van der Waals surface area contributed by atoms with E-state index in [4.69, 9.17) is 0 Å². The number of phenols is 1. The number of nitrogens with zero attached hydrogens (tertiary/aromatic N) is 3. The van der Waals surface area contributed by atoms with Crippen LogP contribution in [0.4, 0.5) is 5.82 Å². The molecule has 1 amide bonds. The van der Waals surface area contributed by atoms with E-state index in [0.717, 1.165) is 31.5 Å². The minimum atomic E-state index is -0.242. The second kappa shape index (κ2) is 6.72. The van der Waals surface area contributed by atoms with E-state index in [-0.39, 0.29) is 17.7 Å². The van der Waals surface area contributed by atoms with Crippen molar-refractivity contribution in [1.29, 1.82) is 5.26 Å². The van der Waals surface area contributed by atoms with Gasteiger partial charge in [0.2, 0.25) is 5.91 Å². The molecule has 1 saturated heterocycles. The van der Waals surface area contributed by atoms with Gasteiger partial charge >= 0.3 is 0 Å². The summed E-state index contributed by atoms with van der Waals surface area (Å²) < 4.78 is 1.74. The zero-order chi connectivity index (χ0) is 17.1. The highest BCUT2D eigenvalue weighted by atomic mass is 16.3. The van der Waals surface area contributed by atoms with Gasteiger partial charge in [-0.25, -0.2) is 4.68 Å². The minimum absolute atomic E-state index is 0.0820. The van der Waals surface area contributed by atoms with Crippen LogP contribution in [0.15, 0.2) is 24.3 Å². The van der Waals surface area contributed by atoms with Crippen molar-refractivity contribution < 1.29 is 9.90 Å². The summed E-state index contributed by atoms with van der Waals surface area (Å²) in [5.41, 5.74) is 1.56. The third kappa shape index (κ3) is 3.09. The molecule has 24 heavy (non-hydrogen) atoms. The van der Waals surface area contributed by atoms with E-state index < -0.39 is 0 Å². The van der Waals surface area contributed by atoms with Gasteiger partial charge in [0.25, 0.3) is 0 Å². The number of anilines is 1.